The van der Waals surface area contributed by atoms with Crippen LogP contribution in [0.3, 0.4) is 0 Å². The Balaban J connectivity index is 0.000000106. The van der Waals surface area contributed by atoms with Gasteiger partial charge in [0, 0.05) is 114 Å². The number of hydrogen-bond acceptors (Lipinski definition) is 12. The Bertz CT molecular complexity index is 8740. The second kappa shape index (κ2) is 32.3. The van der Waals surface area contributed by atoms with Crippen molar-refractivity contribution in [2.45, 2.75) is 0 Å². The van der Waals surface area contributed by atoms with Crippen LogP contribution < -0.4 is 0 Å². The molecule has 0 saturated heterocycles. The zero-order valence-electron chi connectivity index (χ0n) is 70.7. The maximum absolute atomic E-state index is 6.56. The highest BCUT2D eigenvalue weighted by atomic mass is 32.1. The fraction of sp³-hybridized carbons (Fsp3) is 0. The molecule has 618 valence electrons. The lowest BCUT2D eigenvalue weighted by molar-refractivity contribution is 0.670. The molecule has 0 bridgehead atoms. The van der Waals surface area contributed by atoms with E-state index in [0.717, 1.165) is 160 Å². The third-order valence-corrected chi connectivity index (χ3v) is 26.0. The lowest BCUT2D eigenvalue weighted by Gasteiger charge is -2.12. The lowest BCUT2D eigenvalue weighted by Crippen LogP contribution is -2.06. The summed E-state index contributed by atoms with van der Waals surface area (Å²) in [4.78, 5) is 45.4. The molecule has 9 aromatic heterocycles. The van der Waals surface area contributed by atoms with Gasteiger partial charge in [0.15, 0.2) is 51.9 Å². The van der Waals surface area contributed by atoms with Crippen molar-refractivity contribution < 1.29 is 8.83 Å². The topological polar surface area (TPSA) is 157 Å². The second-order valence-corrected chi connectivity index (χ2v) is 33.7. The van der Waals surface area contributed by atoms with Crippen LogP contribution >= 0.6 is 11.3 Å². The van der Waals surface area contributed by atoms with Gasteiger partial charge < -0.3 is 13.4 Å². The van der Waals surface area contributed by atoms with Gasteiger partial charge in [0.1, 0.15) is 16.7 Å². The largest absolute Gasteiger partial charge is 0.454 e. The SMILES string of the molecule is c1ccc(-c2cccc(-c3nc(-c4ccccc4)nc(-n4c5ccccc5c5ccc6c7ccccc7oc6c54)n3)c2)cc1.c1ccc(-c2cccc(-c3nc(-c4ccccc4)nc(-n4c5ccccc5c5ccc6c7ccccc7sc6c54)n3)c2)cc1.c1ccc(-c2nc(-c3ccccc3)nc(-c3ccc(-n4c5ccccc5c5ccc6c7ccccc7oc6c54)cc3)n2)cc1. The normalized spacial score (nSPS) is 11.6. The molecule has 14 nitrogen and oxygen atoms in total. The summed E-state index contributed by atoms with van der Waals surface area (Å²) in [5.74, 6) is 5.57. The van der Waals surface area contributed by atoms with Crippen molar-refractivity contribution in [1.82, 2.24) is 58.6 Å². The Morgan fingerprint density at radius 2 is 0.470 bits per heavy atom. The van der Waals surface area contributed by atoms with Crippen molar-refractivity contribution in [2.24, 2.45) is 0 Å². The summed E-state index contributed by atoms with van der Waals surface area (Å²) in [6.45, 7) is 0. The van der Waals surface area contributed by atoms with Crippen molar-refractivity contribution in [3.8, 4) is 120 Å². The number of furan rings is 2. The van der Waals surface area contributed by atoms with Crippen molar-refractivity contribution in [2.75, 3.05) is 0 Å². The third kappa shape index (κ3) is 13.5. The number of rotatable bonds is 12. The van der Waals surface area contributed by atoms with E-state index in [4.69, 9.17) is 53.7 Å². The predicted octanol–water partition coefficient (Wildman–Crippen LogP) is 30.1. The average Bonchev–Trinajstić information content (AvgIpc) is 1.56. The molecule has 15 heteroatoms. The molecule has 0 aliphatic rings. The molecular weight excluding hydrogens is 1640 g/mol. The van der Waals surface area contributed by atoms with Crippen LogP contribution in [0.2, 0.25) is 0 Å². The zero-order chi connectivity index (χ0) is 87.1. The summed E-state index contributed by atoms with van der Waals surface area (Å²) < 4.78 is 22.2. The minimum Gasteiger partial charge on any atom is -0.454 e. The molecule has 9 heterocycles. The molecular formula is C117H72N12O2S. The molecule has 0 radical (unpaired) electrons. The predicted molar refractivity (Wildman–Crippen MR) is 539 cm³/mol. The van der Waals surface area contributed by atoms with E-state index in [-0.39, 0.29) is 0 Å². The smallest absolute Gasteiger partial charge is 0.238 e. The molecule has 27 aromatic rings. The molecule has 0 fully saturated rings. The molecule has 0 spiro atoms. The Morgan fingerprint density at radius 1 is 0.182 bits per heavy atom. The van der Waals surface area contributed by atoms with Gasteiger partial charge in [-0.2, -0.15) is 19.9 Å². The number of aromatic nitrogens is 12. The highest BCUT2D eigenvalue weighted by Gasteiger charge is 2.27. The number of hydrogen-bond donors (Lipinski definition) is 0. The molecule has 0 aliphatic carbocycles. The van der Waals surface area contributed by atoms with Gasteiger partial charge in [-0.3, -0.25) is 9.13 Å². The molecule has 27 rings (SSSR count). The van der Waals surface area contributed by atoms with Crippen LogP contribution in [0.4, 0.5) is 0 Å². The van der Waals surface area contributed by atoms with E-state index >= 15 is 0 Å². The molecule has 0 saturated carbocycles. The van der Waals surface area contributed by atoms with Crippen molar-refractivity contribution in [1.29, 1.82) is 0 Å². The molecule has 0 N–H and O–H groups in total. The van der Waals surface area contributed by atoms with Gasteiger partial charge in [0.2, 0.25) is 11.9 Å². The summed E-state index contributed by atoms with van der Waals surface area (Å²) in [6.07, 6.45) is 0. The Hall–Kier alpha value is -17.8. The maximum atomic E-state index is 6.56. The van der Waals surface area contributed by atoms with E-state index in [0.29, 0.717) is 52.7 Å². The number of thiophene rings is 1. The Morgan fingerprint density at radius 3 is 0.894 bits per heavy atom. The van der Waals surface area contributed by atoms with Gasteiger partial charge in [-0.15, -0.1) is 11.3 Å². The third-order valence-electron chi connectivity index (χ3n) is 24.8. The van der Waals surface area contributed by atoms with Gasteiger partial charge in [-0.25, -0.2) is 24.9 Å². The first-order chi connectivity index (χ1) is 65.4. The minimum atomic E-state index is 0.540. The van der Waals surface area contributed by atoms with Crippen molar-refractivity contribution in [3.05, 3.63) is 437 Å². The van der Waals surface area contributed by atoms with Crippen LogP contribution in [0.15, 0.2) is 446 Å². The van der Waals surface area contributed by atoms with E-state index in [1.54, 1.807) is 0 Å². The summed E-state index contributed by atoms with van der Waals surface area (Å²) >= 11 is 1.82. The van der Waals surface area contributed by atoms with E-state index in [1.807, 2.05) is 163 Å². The van der Waals surface area contributed by atoms with Crippen LogP contribution in [0.1, 0.15) is 0 Å². The quantitative estimate of drug-likeness (QED) is 0.115. The van der Waals surface area contributed by atoms with E-state index in [1.165, 1.54) is 36.3 Å². The van der Waals surface area contributed by atoms with Gasteiger partial charge in [0.05, 0.1) is 32.3 Å². The summed E-state index contributed by atoms with van der Waals surface area (Å²) in [7, 11) is 0. The van der Waals surface area contributed by atoms with Gasteiger partial charge in [0.25, 0.3) is 0 Å². The van der Waals surface area contributed by atoms with Crippen molar-refractivity contribution >= 4 is 141 Å². The maximum Gasteiger partial charge on any atom is 0.238 e. The number of fused-ring (bicyclic) bond motifs is 21. The standard InChI is InChI=1S/2C39H24N4O.C39H24N4S/c1-3-12-25(13-4-1)27-16-11-17-28(24-27)38-40-37(26-14-5-2-6-15-26)41-39(42-38)43-33-20-9-7-18-29(33)31-22-23-32-30-19-8-10-21-34(30)44-36(32)35(31)43;1-3-11-25(12-4-1)37-40-38(26-13-5-2-6-14-26)42-39(41-37)27-19-21-28(22-20-27)43-33-17-9-7-15-29(33)31-23-24-32-30-16-8-10-18-34(30)44-36(32)35(31)43;1-3-12-25(13-4-1)27-16-11-17-28(24-27)38-40-37(26-14-5-2-6-15-26)41-39(42-38)43-33-20-9-7-18-29(33)31-22-23-32-30-19-8-10-21-34(30)44-36(32)35(31)43/h3*1-24H. The fourth-order valence-corrected chi connectivity index (χ4v) is 19.9. The Kier molecular flexibility index (Phi) is 18.7. The number of nitrogens with zero attached hydrogens (tertiary/aromatic N) is 12. The molecule has 18 aromatic carbocycles. The number of para-hydroxylation sites is 5. The van der Waals surface area contributed by atoms with E-state index in [9.17, 15) is 0 Å². The number of benzene rings is 18. The fourth-order valence-electron chi connectivity index (χ4n) is 18.6. The van der Waals surface area contributed by atoms with E-state index in [2.05, 4.69) is 299 Å². The van der Waals surface area contributed by atoms with E-state index < -0.39 is 0 Å². The van der Waals surface area contributed by atoms with Crippen LogP contribution in [-0.4, -0.2) is 58.6 Å². The van der Waals surface area contributed by atoms with Crippen LogP contribution in [-0.2, 0) is 0 Å². The lowest BCUT2D eigenvalue weighted by atomic mass is 10.0. The second-order valence-electron chi connectivity index (χ2n) is 32.6. The first-order valence-corrected chi connectivity index (χ1v) is 44.7. The van der Waals surface area contributed by atoms with Gasteiger partial charge >= 0.3 is 0 Å². The monoisotopic (exact) mass is 1710 g/mol. The first-order valence-electron chi connectivity index (χ1n) is 43.9. The van der Waals surface area contributed by atoms with Crippen molar-refractivity contribution in [3.63, 3.8) is 0 Å². The summed E-state index contributed by atoms with van der Waals surface area (Å²) in [5, 5.41) is 13.8. The molecule has 132 heavy (non-hydrogen) atoms. The molecule has 0 aliphatic heterocycles. The summed E-state index contributed by atoms with van der Waals surface area (Å²) in [6, 6.07) is 150. The highest BCUT2D eigenvalue weighted by molar-refractivity contribution is 7.26. The van der Waals surface area contributed by atoms with Crippen LogP contribution in [0.25, 0.3) is 249 Å². The van der Waals surface area contributed by atoms with Gasteiger partial charge in [-0.1, -0.05) is 352 Å². The average molecular weight is 1710 g/mol. The van der Waals surface area contributed by atoms with Gasteiger partial charge in [-0.05, 0) is 107 Å². The first kappa shape index (κ1) is 76.6. The molecule has 0 amide bonds. The molecule has 0 atom stereocenters. The molecule has 0 unspecified atom stereocenters. The minimum absolute atomic E-state index is 0.540. The van der Waals surface area contributed by atoms with Crippen LogP contribution in [0.5, 0.6) is 0 Å². The Labute approximate surface area is 759 Å². The zero-order valence-corrected chi connectivity index (χ0v) is 71.5. The highest BCUT2D eigenvalue weighted by Crippen LogP contribution is 2.47. The van der Waals surface area contributed by atoms with Crippen LogP contribution in [0, 0.1) is 0 Å². The summed E-state index contributed by atoms with van der Waals surface area (Å²) in [5.41, 5.74) is 21.9.